The quantitative estimate of drug-likeness (QED) is 0.849. The molecule has 0 aliphatic carbocycles. The number of halogens is 2. The van der Waals surface area contributed by atoms with E-state index >= 15 is 0 Å². The molecule has 0 spiro atoms. The first kappa shape index (κ1) is 15.9. The van der Waals surface area contributed by atoms with Crippen molar-refractivity contribution in [2.45, 2.75) is 12.8 Å². The van der Waals surface area contributed by atoms with Crippen LogP contribution in [0.3, 0.4) is 0 Å². The van der Waals surface area contributed by atoms with Gasteiger partial charge in [-0.1, -0.05) is 0 Å². The number of carbonyl (C=O) groups excluding carboxylic acids is 2. The van der Waals surface area contributed by atoms with Crippen molar-refractivity contribution in [3.05, 3.63) is 29.8 Å². The smallest absolute Gasteiger partial charge is 0.239 e. The topological polar surface area (TPSA) is 60.9 Å². The Hall–Kier alpha value is -2.02. The lowest BCUT2D eigenvalue weighted by molar-refractivity contribution is -0.139. The number of aliphatic hydroxyl groups is 1. The Morgan fingerprint density at radius 2 is 1.87 bits per heavy atom. The fourth-order valence-corrected chi connectivity index (χ4v) is 3.26. The van der Waals surface area contributed by atoms with Crippen LogP contribution in [0.5, 0.6) is 0 Å². The molecule has 1 aromatic carbocycles. The highest BCUT2D eigenvalue weighted by atomic mass is 19.1. The van der Waals surface area contributed by atoms with E-state index in [2.05, 4.69) is 0 Å². The molecule has 0 saturated carbocycles. The zero-order chi connectivity index (χ0) is 16.6. The maximum atomic E-state index is 13.3. The third kappa shape index (κ3) is 3.06. The number of amides is 2. The highest BCUT2D eigenvalue weighted by Crippen LogP contribution is 2.29. The molecule has 1 aromatic rings. The number of benzene rings is 1. The van der Waals surface area contributed by atoms with Crippen LogP contribution in [0.15, 0.2) is 18.2 Å². The lowest BCUT2D eigenvalue weighted by Gasteiger charge is -2.21. The predicted octanol–water partition coefficient (Wildman–Crippen LogP) is 1.16. The van der Waals surface area contributed by atoms with Gasteiger partial charge in [-0.2, -0.15) is 0 Å². The summed E-state index contributed by atoms with van der Waals surface area (Å²) >= 11 is 0. The van der Waals surface area contributed by atoms with Crippen LogP contribution in [0.2, 0.25) is 0 Å². The third-order valence-corrected chi connectivity index (χ3v) is 4.52. The average Bonchev–Trinajstić information content (AvgIpc) is 3.12. The van der Waals surface area contributed by atoms with Gasteiger partial charge in [0.05, 0.1) is 0 Å². The van der Waals surface area contributed by atoms with E-state index in [1.165, 1.54) is 4.90 Å². The van der Waals surface area contributed by atoms with Gasteiger partial charge < -0.3 is 14.9 Å². The van der Waals surface area contributed by atoms with Crippen molar-refractivity contribution in [2.75, 3.05) is 31.1 Å². The SMILES string of the molecule is O=C(C1CCN(c2cc(F)cc(F)c2)C1=O)N1CCC(CO)C1. The highest BCUT2D eigenvalue weighted by Gasteiger charge is 2.41. The molecular weight excluding hydrogens is 306 g/mol. The number of nitrogens with zero attached hydrogens (tertiary/aromatic N) is 2. The van der Waals surface area contributed by atoms with Gasteiger partial charge in [0.25, 0.3) is 0 Å². The van der Waals surface area contributed by atoms with E-state index in [1.807, 2.05) is 0 Å². The summed E-state index contributed by atoms with van der Waals surface area (Å²) in [5.74, 6) is -2.94. The number of likely N-dealkylation sites (tertiary alicyclic amines) is 1. The van der Waals surface area contributed by atoms with E-state index in [0.29, 0.717) is 19.5 Å². The maximum Gasteiger partial charge on any atom is 0.239 e. The standard InChI is InChI=1S/C16H18F2N2O3/c17-11-5-12(18)7-13(6-11)20-4-2-14(16(20)23)15(22)19-3-1-10(8-19)9-21/h5-7,10,14,21H,1-4,8-9H2. The number of carbonyl (C=O) groups is 2. The van der Waals surface area contributed by atoms with Crippen LogP contribution in [0.25, 0.3) is 0 Å². The highest BCUT2D eigenvalue weighted by molar-refractivity contribution is 6.09. The molecular formula is C16H18F2N2O3. The van der Waals surface area contributed by atoms with Crippen molar-refractivity contribution in [1.82, 2.24) is 4.90 Å². The average molecular weight is 324 g/mol. The summed E-state index contributed by atoms with van der Waals surface area (Å²) in [5.41, 5.74) is 0.137. The van der Waals surface area contributed by atoms with Gasteiger partial charge in [0.15, 0.2) is 0 Å². The summed E-state index contributed by atoms with van der Waals surface area (Å²) in [5, 5.41) is 9.14. The molecule has 0 radical (unpaired) electrons. The molecule has 2 heterocycles. The number of rotatable bonds is 3. The lowest BCUT2D eigenvalue weighted by atomic mass is 10.1. The van der Waals surface area contributed by atoms with E-state index < -0.39 is 23.5 Å². The summed E-state index contributed by atoms with van der Waals surface area (Å²) in [7, 11) is 0. The van der Waals surface area contributed by atoms with Gasteiger partial charge in [-0.25, -0.2) is 8.78 Å². The van der Waals surface area contributed by atoms with E-state index in [-0.39, 0.29) is 30.7 Å². The van der Waals surface area contributed by atoms with Gasteiger partial charge in [0, 0.05) is 43.9 Å². The molecule has 2 fully saturated rings. The third-order valence-electron chi connectivity index (χ3n) is 4.52. The molecule has 23 heavy (non-hydrogen) atoms. The zero-order valence-electron chi connectivity index (χ0n) is 12.5. The first-order valence-corrected chi connectivity index (χ1v) is 7.66. The summed E-state index contributed by atoms with van der Waals surface area (Å²) in [6.45, 7) is 1.27. The van der Waals surface area contributed by atoms with Gasteiger partial charge in [0.2, 0.25) is 11.8 Å². The van der Waals surface area contributed by atoms with Gasteiger partial charge >= 0.3 is 0 Å². The monoisotopic (exact) mass is 324 g/mol. The molecule has 2 amide bonds. The first-order chi connectivity index (χ1) is 11.0. The van der Waals surface area contributed by atoms with Crippen LogP contribution < -0.4 is 4.90 Å². The van der Waals surface area contributed by atoms with Crippen molar-refractivity contribution in [3.63, 3.8) is 0 Å². The summed E-state index contributed by atoms with van der Waals surface area (Å²) < 4.78 is 26.6. The van der Waals surface area contributed by atoms with E-state index in [4.69, 9.17) is 5.11 Å². The van der Waals surface area contributed by atoms with Crippen molar-refractivity contribution < 1.29 is 23.5 Å². The Bertz CT molecular complexity index is 618. The van der Waals surface area contributed by atoms with Crippen LogP contribution >= 0.6 is 0 Å². The summed E-state index contributed by atoms with van der Waals surface area (Å²) in [6, 6.07) is 2.92. The van der Waals surface area contributed by atoms with Crippen LogP contribution in [0.1, 0.15) is 12.8 Å². The molecule has 1 N–H and O–H groups in total. The predicted molar refractivity (Wildman–Crippen MR) is 78.6 cm³/mol. The summed E-state index contributed by atoms with van der Waals surface area (Å²) in [6.07, 6.45) is 1.05. The van der Waals surface area contributed by atoms with Crippen LogP contribution in [0, 0.1) is 23.5 Å². The lowest BCUT2D eigenvalue weighted by Crippen LogP contribution is -2.39. The molecule has 2 atom stereocenters. The van der Waals surface area contributed by atoms with Crippen LogP contribution in [-0.2, 0) is 9.59 Å². The fourth-order valence-electron chi connectivity index (χ4n) is 3.26. The minimum atomic E-state index is -0.807. The Labute approximate surface area is 132 Å². The maximum absolute atomic E-state index is 13.3. The van der Waals surface area contributed by atoms with Crippen LogP contribution in [0.4, 0.5) is 14.5 Å². The largest absolute Gasteiger partial charge is 0.396 e. The number of anilines is 1. The van der Waals surface area contributed by atoms with E-state index in [9.17, 15) is 18.4 Å². The number of hydrogen-bond donors (Lipinski definition) is 1. The van der Waals surface area contributed by atoms with E-state index in [0.717, 1.165) is 24.6 Å². The minimum absolute atomic E-state index is 0.0249. The zero-order valence-corrected chi connectivity index (χ0v) is 12.5. The molecule has 0 aromatic heterocycles. The second-order valence-electron chi connectivity index (χ2n) is 6.08. The molecule has 2 aliphatic heterocycles. The second kappa shape index (κ2) is 6.23. The molecule has 124 valence electrons. The normalized spacial score (nSPS) is 24.6. The second-order valence-corrected chi connectivity index (χ2v) is 6.08. The van der Waals surface area contributed by atoms with Crippen molar-refractivity contribution in [1.29, 1.82) is 0 Å². The molecule has 3 rings (SSSR count). The Morgan fingerprint density at radius 1 is 1.17 bits per heavy atom. The van der Waals surface area contributed by atoms with Crippen molar-refractivity contribution in [3.8, 4) is 0 Å². The molecule has 2 aliphatic rings. The molecule has 2 unspecified atom stereocenters. The van der Waals surface area contributed by atoms with Gasteiger partial charge in [-0.3, -0.25) is 9.59 Å². The molecule has 0 bridgehead atoms. The van der Waals surface area contributed by atoms with Crippen LogP contribution in [-0.4, -0.2) is 48.1 Å². The van der Waals surface area contributed by atoms with Crippen molar-refractivity contribution >= 4 is 17.5 Å². The Morgan fingerprint density at radius 3 is 2.48 bits per heavy atom. The van der Waals surface area contributed by atoms with E-state index in [1.54, 1.807) is 4.90 Å². The van der Waals surface area contributed by atoms with Crippen molar-refractivity contribution in [2.24, 2.45) is 11.8 Å². The first-order valence-electron chi connectivity index (χ1n) is 7.66. The number of hydrogen-bond acceptors (Lipinski definition) is 3. The minimum Gasteiger partial charge on any atom is -0.396 e. The summed E-state index contributed by atoms with van der Waals surface area (Å²) in [4.78, 5) is 27.8. The molecule has 7 heteroatoms. The Balaban J connectivity index is 1.72. The Kier molecular flexibility index (Phi) is 4.30. The van der Waals surface area contributed by atoms with Gasteiger partial charge in [-0.15, -0.1) is 0 Å². The molecule has 5 nitrogen and oxygen atoms in total. The van der Waals surface area contributed by atoms with Gasteiger partial charge in [-0.05, 0) is 25.0 Å². The fraction of sp³-hybridized carbons (Fsp3) is 0.500. The van der Waals surface area contributed by atoms with Gasteiger partial charge in [0.1, 0.15) is 17.6 Å². The molecule has 2 saturated heterocycles. The number of aliphatic hydroxyl groups excluding tert-OH is 1.